The zero-order valence-corrected chi connectivity index (χ0v) is 16.9. The summed E-state index contributed by atoms with van der Waals surface area (Å²) in [5.74, 6) is 0.539. The lowest BCUT2D eigenvalue weighted by molar-refractivity contribution is -0.118. The molecule has 0 spiro atoms. The number of thiazole rings is 1. The van der Waals surface area contributed by atoms with Crippen molar-refractivity contribution >= 4 is 60.3 Å². The molecule has 2 aromatic heterocycles. The second kappa shape index (κ2) is 7.17. The molecular formula is C20H19N3O2S2. The number of nitrogens with zero attached hydrogens (tertiary/aromatic N) is 2. The van der Waals surface area contributed by atoms with Gasteiger partial charge in [0.15, 0.2) is 6.61 Å². The molecule has 0 radical (unpaired) electrons. The van der Waals surface area contributed by atoms with E-state index in [0.717, 1.165) is 42.4 Å². The van der Waals surface area contributed by atoms with E-state index in [-0.39, 0.29) is 12.5 Å². The number of anilines is 2. The Morgan fingerprint density at radius 3 is 2.74 bits per heavy atom. The minimum absolute atomic E-state index is 0.0380. The Balaban J connectivity index is 1.49. The lowest BCUT2D eigenvalue weighted by atomic mass is 10.2. The van der Waals surface area contributed by atoms with Crippen LogP contribution in [0.3, 0.4) is 0 Å². The molecule has 0 saturated carbocycles. The van der Waals surface area contributed by atoms with E-state index in [4.69, 9.17) is 4.74 Å². The number of carbonyl (C=O) groups excluding carboxylic acids is 1. The van der Waals surface area contributed by atoms with Crippen molar-refractivity contribution in [3.63, 3.8) is 0 Å². The minimum Gasteiger partial charge on any atom is -0.483 e. The van der Waals surface area contributed by atoms with Gasteiger partial charge < -0.3 is 15.0 Å². The first-order valence-electron chi connectivity index (χ1n) is 8.48. The molecule has 0 aliphatic rings. The number of aryl methyl sites for hydroxylation is 1. The predicted octanol–water partition coefficient (Wildman–Crippen LogP) is 4.90. The maximum Gasteiger partial charge on any atom is 0.262 e. The summed E-state index contributed by atoms with van der Waals surface area (Å²) < 4.78 is 8.04. The standard InChI is InChI=1S/C20H19N3O2S2/c1-12-21-19-17(27-12)10-16(15-8-9-26-20(15)19)25-11-18(24)22-13-4-6-14(7-5-13)23(2)3/h4-10H,11H2,1-3H3,(H,22,24). The Bertz CT molecular complexity index is 1110. The van der Waals surface area contributed by atoms with Gasteiger partial charge in [-0.05, 0) is 42.6 Å². The number of hydrogen-bond acceptors (Lipinski definition) is 6. The van der Waals surface area contributed by atoms with Crippen LogP contribution in [0.4, 0.5) is 11.4 Å². The normalized spacial score (nSPS) is 11.1. The number of thiophene rings is 1. The molecule has 2 heterocycles. The first-order valence-corrected chi connectivity index (χ1v) is 10.2. The SMILES string of the molecule is Cc1nc2c(cc(OCC(=O)Nc3ccc(N(C)C)cc3)c3ccsc32)s1. The second-order valence-corrected chi connectivity index (χ2v) is 8.55. The third kappa shape index (κ3) is 3.61. The van der Waals surface area contributed by atoms with Crippen molar-refractivity contribution in [1.82, 2.24) is 4.98 Å². The van der Waals surface area contributed by atoms with Crippen molar-refractivity contribution < 1.29 is 9.53 Å². The summed E-state index contributed by atoms with van der Waals surface area (Å²) in [6.07, 6.45) is 0. The van der Waals surface area contributed by atoms with Gasteiger partial charge in [-0.2, -0.15) is 0 Å². The summed E-state index contributed by atoms with van der Waals surface area (Å²) in [7, 11) is 3.96. The number of nitrogens with one attached hydrogen (secondary N) is 1. The monoisotopic (exact) mass is 397 g/mol. The summed E-state index contributed by atoms with van der Waals surface area (Å²) in [5, 5.41) is 6.92. The van der Waals surface area contributed by atoms with Crippen LogP contribution in [0.2, 0.25) is 0 Å². The van der Waals surface area contributed by atoms with E-state index in [0.29, 0.717) is 0 Å². The van der Waals surface area contributed by atoms with E-state index in [2.05, 4.69) is 10.3 Å². The zero-order valence-electron chi connectivity index (χ0n) is 15.3. The van der Waals surface area contributed by atoms with Crippen molar-refractivity contribution in [3.05, 3.63) is 46.8 Å². The molecule has 0 atom stereocenters. The van der Waals surface area contributed by atoms with Gasteiger partial charge in [0.1, 0.15) is 5.75 Å². The number of hydrogen-bond donors (Lipinski definition) is 1. The highest BCUT2D eigenvalue weighted by atomic mass is 32.1. The largest absolute Gasteiger partial charge is 0.483 e. The zero-order chi connectivity index (χ0) is 19.0. The highest BCUT2D eigenvalue weighted by Gasteiger charge is 2.13. The fourth-order valence-corrected chi connectivity index (χ4v) is 4.72. The molecule has 1 amide bonds. The summed E-state index contributed by atoms with van der Waals surface area (Å²) in [4.78, 5) is 18.9. The Morgan fingerprint density at radius 1 is 1.22 bits per heavy atom. The average molecular weight is 398 g/mol. The van der Waals surface area contributed by atoms with Crippen LogP contribution in [0.1, 0.15) is 5.01 Å². The topological polar surface area (TPSA) is 54.5 Å². The number of aromatic nitrogens is 1. The minimum atomic E-state index is -0.184. The van der Waals surface area contributed by atoms with Crippen LogP contribution < -0.4 is 15.0 Å². The fourth-order valence-electron chi connectivity index (χ4n) is 2.89. The van der Waals surface area contributed by atoms with Crippen molar-refractivity contribution in [2.45, 2.75) is 6.92 Å². The van der Waals surface area contributed by atoms with E-state index in [1.807, 2.05) is 67.7 Å². The van der Waals surface area contributed by atoms with E-state index in [9.17, 15) is 4.79 Å². The molecule has 4 rings (SSSR count). The van der Waals surface area contributed by atoms with E-state index in [1.54, 1.807) is 22.7 Å². The third-order valence-electron chi connectivity index (χ3n) is 4.19. The maximum absolute atomic E-state index is 12.3. The summed E-state index contributed by atoms with van der Waals surface area (Å²) in [5.41, 5.74) is 2.85. The van der Waals surface area contributed by atoms with Gasteiger partial charge in [-0.15, -0.1) is 22.7 Å². The Hall–Kier alpha value is -2.64. The van der Waals surface area contributed by atoms with Crippen LogP contribution in [-0.2, 0) is 4.79 Å². The van der Waals surface area contributed by atoms with Gasteiger partial charge in [0.05, 0.1) is 19.9 Å². The van der Waals surface area contributed by atoms with Gasteiger partial charge in [0.2, 0.25) is 0 Å². The van der Waals surface area contributed by atoms with Crippen molar-refractivity contribution in [2.24, 2.45) is 0 Å². The van der Waals surface area contributed by atoms with Crippen LogP contribution in [0.15, 0.2) is 41.8 Å². The Morgan fingerprint density at radius 2 is 2.00 bits per heavy atom. The van der Waals surface area contributed by atoms with Crippen molar-refractivity contribution in [3.8, 4) is 5.75 Å². The van der Waals surface area contributed by atoms with E-state index >= 15 is 0 Å². The molecule has 5 nitrogen and oxygen atoms in total. The summed E-state index contributed by atoms with van der Waals surface area (Å²) in [6, 6.07) is 11.7. The molecule has 0 saturated heterocycles. The van der Waals surface area contributed by atoms with E-state index in [1.165, 1.54) is 0 Å². The van der Waals surface area contributed by atoms with Gasteiger partial charge in [-0.1, -0.05) is 0 Å². The molecule has 138 valence electrons. The van der Waals surface area contributed by atoms with Crippen LogP contribution in [0, 0.1) is 6.92 Å². The highest BCUT2D eigenvalue weighted by molar-refractivity contribution is 7.21. The lowest BCUT2D eigenvalue weighted by Crippen LogP contribution is -2.20. The number of benzene rings is 2. The molecule has 0 aliphatic carbocycles. The number of fused-ring (bicyclic) bond motifs is 3. The van der Waals surface area contributed by atoms with Crippen molar-refractivity contribution in [1.29, 1.82) is 0 Å². The molecule has 0 aliphatic heterocycles. The smallest absolute Gasteiger partial charge is 0.262 e. The lowest BCUT2D eigenvalue weighted by Gasteiger charge is -2.13. The van der Waals surface area contributed by atoms with Crippen LogP contribution in [0.25, 0.3) is 20.3 Å². The maximum atomic E-state index is 12.3. The van der Waals surface area contributed by atoms with Gasteiger partial charge in [0, 0.05) is 36.9 Å². The molecular weight excluding hydrogens is 378 g/mol. The molecule has 0 unspecified atom stereocenters. The predicted molar refractivity (Wildman–Crippen MR) is 115 cm³/mol. The number of amides is 1. The third-order valence-corrected chi connectivity index (χ3v) is 6.03. The quantitative estimate of drug-likeness (QED) is 0.520. The molecule has 7 heteroatoms. The van der Waals surface area contributed by atoms with Crippen LogP contribution >= 0.6 is 22.7 Å². The number of rotatable bonds is 5. The first kappa shape index (κ1) is 17.8. The molecule has 4 aromatic rings. The van der Waals surface area contributed by atoms with Gasteiger partial charge >= 0.3 is 0 Å². The van der Waals surface area contributed by atoms with Crippen LogP contribution in [-0.4, -0.2) is 31.6 Å². The number of ether oxygens (including phenoxy) is 1. The fraction of sp³-hybridized carbons (Fsp3) is 0.200. The Kier molecular flexibility index (Phi) is 4.72. The van der Waals surface area contributed by atoms with E-state index < -0.39 is 0 Å². The molecule has 2 aromatic carbocycles. The van der Waals surface area contributed by atoms with Crippen LogP contribution in [0.5, 0.6) is 5.75 Å². The summed E-state index contributed by atoms with van der Waals surface area (Å²) in [6.45, 7) is 1.96. The molecule has 0 bridgehead atoms. The average Bonchev–Trinajstić information content (AvgIpc) is 3.25. The second-order valence-electron chi connectivity index (χ2n) is 6.40. The first-order chi connectivity index (χ1) is 13.0. The molecule has 1 N–H and O–H groups in total. The highest BCUT2D eigenvalue weighted by Crippen LogP contribution is 2.38. The molecule has 0 fully saturated rings. The summed E-state index contributed by atoms with van der Waals surface area (Å²) >= 11 is 3.28. The number of carbonyl (C=O) groups is 1. The van der Waals surface area contributed by atoms with Gasteiger partial charge in [0.25, 0.3) is 5.91 Å². The van der Waals surface area contributed by atoms with Crippen molar-refractivity contribution in [2.75, 3.05) is 30.9 Å². The van der Waals surface area contributed by atoms with Gasteiger partial charge in [-0.25, -0.2) is 4.98 Å². The van der Waals surface area contributed by atoms with Gasteiger partial charge in [-0.3, -0.25) is 4.79 Å². The molecule has 27 heavy (non-hydrogen) atoms. The Labute approximate surface area is 165 Å².